The Morgan fingerprint density at radius 3 is 2.56 bits per heavy atom. The molecule has 2 aliphatic rings. The topological polar surface area (TPSA) is 55.4 Å². The van der Waals surface area contributed by atoms with Crippen molar-refractivity contribution in [1.29, 1.82) is 0 Å². The normalized spacial score (nSPS) is 22.4. The monoisotopic (exact) mass is 339 g/mol. The van der Waals surface area contributed by atoms with Crippen LogP contribution in [-0.4, -0.2) is 18.4 Å². The van der Waals surface area contributed by atoms with Crippen molar-refractivity contribution in [2.24, 2.45) is 5.41 Å². The highest BCUT2D eigenvalue weighted by Crippen LogP contribution is 2.46. The highest BCUT2D eigenvalue weighted by Gasteiger charge is 2.42. The smallest absolute Gasteiger partial charge is 0.336 e. The van der Waals surface area contributed by atoms with Crippen molar-refractivity contribution in [2.45, 2.75) is 46.5 Å². The van der Waals surface area contributed by atoms with E-state index in [9.17, 15) is 9.59 Å². The molecule has 0 aromatic heterocycles. The number of Topliss-reactive ketones (excluding diaryl/α,β-unsaturated/α-hetero) is 1. The number of hydrogen-bond acceptors (Lipinski definition) is 4. The van der Waals surface area contributed by atoms with Crippen molar-refractivity contribution in [2.75, 3.05) is 6.61 Å². The molecule has 0 fully saturated rings. The first-order chi connectivity index (χ1) is 11.8. The number of carbonyl (C=O) groups is 2. The molecular formula is C21H25NO3. The number of allylic oxidation sites excluding steroid dienone is 3. The van der Waals surface area contributed by atoms with Crippen molar-refractivity contribution in [1.82, 2.24) is 5.32 Å². The summed E-state index contributed by atoms with van der Waals surface area (Å²) in [5.74, 6) is -0.604. The second kappa shape index (κ2) is 6.51. The molecule has 1 heterocycles. The zero-order chi connectivity index (χ0) is 18.2. The molecule has 1 aliphatic heterocycles. The molecule has 1 N–H and O–H groups in total. The highest BCUT2D eigenvalue weighted by atomic mass is 16.5. The SMILES string of the molecule is CCOC(=O)C1=C(C)NC2=C(C(=O)CC(C)(C)C2)[C@@H]1c1ccccc1. The number of ether oxygens (including phenoxy) is 1. The summed E-state index contributed by atoms with van der Waals surface area (Å²) in [5, 5.41) is 3.33. The van der Waals surface area contributed by atoms with Gasteiger partial charge in [-0.1, -0.05) is 44.2 Å². The van der Waals surface area contributed by atoms with Crippen LogP contribution in [0.4, 0.5) is 0 Å². The predicted octanol–water partition coefficient (Wildman–Crippen LogP) is 3.85. The second-order valence-corrected chi connectivity index (χ2v) is 7.56. The standard InChI is InChI=1S/C21H25NO3/c1-5-25-20(24)17-13(2)22-15-11-21(3,4)12-16(23)19(15)18(17)14-9-7-6-8-10-14/h6-10,18,22H,5,11-12H2,1-4H3/t18-/m1/s1. The largest absolute Gasteiger partial charge is 0.463 e. The number of ketones is 1. The maximum atomic E-state index is 13.0. The summed E-state index contributed by atoms with van der Waals surface area (Å²) in [4.78, 5) is 25.6. The Hall–Kier alpha value is -2.36. The molecule has 0 spiro atoms. The van der Waals surface area contributed by atoms with Gasteiger partial charge in [-0.2, -0.15) is 0 Å². The first kappa shape index (κ1) is 17.5. The lowest BCUT2D eigenvalue weighted by Gasteiger charge is -2.39. The van der Waals surface area contributed by atoms with E-state index in [1.165, 1.54) is 0 Å². The number of rotatable bonds is 3. The lowest BCUT2D eigenvalue weighted by molar-refractivity contribution is -0.138. The molecule has 0 amide bonds. The molecule has 0 radical (unpaired) electrons. The number of esters is 1. The summed E-state index contributed by atoms with van der Waals surface area (Å²) in [6, 6.07) is 9.76. The molecule has 4 nitrogen and oxygen atoms in total. The van der Waals surface area contributed by atoms with E-state index in [1.807, 2.05) is 37.3 Å². The Kier molecular flexibility index (Phi) is 4.55. The van der Waals surface area contributed by atoms with Gasteiger partial charge in [0.05, 0.1) is 12.2 Å². The van der Waals surface area contributed by atoms with Crippen LogP contribution in [0.25, 0.3) is 0 Å². The molecule has 132 valence electrons. The molecule has 1 aliphatic carbocycles. The van der Waals surface area contributed by atoms with Gasteiger partial charge in [-0.25, -0.2) is 4.79 Å². The van der Waals surface area contributed by atoms with Crippen molar-refractivity contribution in [3.05, 3.63) is 58.4 Å². The minimum absolute atomic E-state index is 0.0775. The fourth-order valence-electron chi connectivity index (χ4n) is 3.89. The van der Waals surface area contributed by atoms with E-state index in [0.717, 1.165) is 29.0 Å². The minimum Gasteiger partial charge on any atom is -0.463 e. The highest BCUT2D eigenvalue weighted by molar-refractivity contribution is 6.04. The third-order valence-electron chi connectivity index (χ3n) is 4.87. The quantitative estimate of drug-likeness (QED) is 0.850. The number of hydrogen-bond donors (Lipinski definition) is 1. The van der Waals surface area contributed by atoms with Gasteiger partial charge in [0.15, 0.2) is 5.78 Å². The van der Waals surface area contributed by atoms with Gasteiger partial charge in [0.25, 0.3) is 0 Å². The molecule has 4 heteroatoms. The maximum absolute atomic E-state index is 13.0. The van der Waals surface area contributed by atoms with Crippen LogP contribution < -0.4 is 5.32 Å². The Labute approximate surface area is 149 Å². The number of nitrogens with one attached hydrogen (secondary N) is 1. The van der Waals surface area contributed by atoms with Crippen LogP contribution in [0.2, 0.25) is 0 Å². The van der Waals surface area contributed by atoms with E-state index in [4.69, 9.17) is 4.74 Å². The van der Waals surface area contributed by atoms with Crippen LogP contribution in [0.5, 0.6) is 0 Å². The van der Waals surface area contributed by atoms with Gasteiger partial charge in [0.2, 0.25) is 0 Å². The Bertz CT molecular complexity index is 772. The zero-order valence-electron chi connectivity index (χ0n) is 15.3. The average Bonchev–Trinajstić information content (AvgIpc) is 2.53. The van der Waals surface area contributed by atoms with Gasteiger partial charge >= 0.3 is 5.97 Å². The summed E-state index contributed by atoms with van der Waals surface area (Å²) in [6.07, 6.45) is 1.29. The first-order valence-corrected chi connectivity index (χ1v) is 8.80. The summed E-state index contributed by atoms with van der Waals surface area (Å²) in [5.41, 5.74) is 3.86. The van der Waals surface area contributed by atoms with E-state index in [0.29, 0.717) is 18.6 Å². The van der Waals surface area contributed by atoms with Crippen LogP contribution >= 0.6 is 0 Å². The van der Waals surface area contributed by atoms with E-state index in [1.54, 1.807) is 6.92 Å². The number of dihydropyridines is 1. The van der Waals surface area contributed by atoms with E-state index >= 15 is 0 Å². The Balaban J connectivity index is 2.16. The molecule has 25 heavy (non-hydrogen) atoms. The molecule has 1 aromatic rings. The maximum Gasteiger partial charge on any atom is 0.336 e. The minimum atomic E-state index is -0.361. The van der Waals surface area contributed by atoms with Crippen LogP contribution in [0, 0.1) is 5.41 Å². The second-order valence-electron chi connectivity index (χ2n) is 7.56. The third kappa shape index (κ3) is 3.26. The van der Waals surface area contributed by atoms with Crippen molar-refractivity contribution in [3.8, 4) is 0 Å². The summed E-state index contributed by atoms with van der Waals surface area (Å²) in [6.45, 7) is 8.20. The van der Waals surface area contributed by atoms with Crippen LogP contribution in [0.15, 0.2) is 52.9 Å². The fourth-order valence-corrected chi connectivity index (χ4v) is 3.89. The van der Waals surface area contributed by atoms with Gasteiger partial charge in [-0.05, 0) is 31.2 Å². The van der Waals surface area contributed by atoms with E-state index < -0.39 is 0 Å². The van der Waals surface area contributed by atoms with E-state index in [2.05, 4.69) is 19.2 Å². The van der Waals surface area contributed by atoms with Gasteiger partial charge in [0, 0.05) is 29.3 Å². The average molecular weight is 339 g/mol. The fraction of sp³-hybridized carbons (Fsp3) is 0.429. The van der Waals surface area contributed by atoms with Crippen molar-refractivity contribution in [3.63, 3.8) is 0 Å². The number of carbonyl (C=O) groups excluding carboxylic acids is 2. The predicted molar refractivity (Wildman–Crippen MR) is 96.7 cm³/mol. The first-order valence-electron chi connectivity index (χ1n) is 8.80. The summed E-state index contributed by atoms with van der Waals surface area (Å²) >= 11 is 0. The van der Waals surface area contributed by atoms with E-state index in [-0.39, 0.29) is 23.1 Å². The zero-order valence-corrected chi connectivity index (χ0v) is 15.3. The molecule has 1 aromatic carbocycles. The third-order valence-corrected chi connectivity index (χ3v) is 4.87. The lowest BCUT2D eigenvalue weighted by Crippen LogP contribution is -2.38. The molecule has 3 rings (SSSR count). The van der Waals surface area contributed by atoms with Crippen molar-refractivity contribution >= 4 is 11.8 Å². The van der Waals surface area contributed by atoms with Gasteiger partial charge in [0.1, 0.15) is 0 Å². The molecule has 0 saturated heterocycles. The Morgan fingerprint density at radius 1 is 1.24 bits per heavy atom. The molecular weight excluding hydrogens is 314 g/mol. The molecule has 0 unspecified atom stereocenters. The molecule has 1 atom stereocenters. The van der Waals surface area contributed by atoms with Gasteiger partial charge in [-0.15, -0.1) is 0 Å². The molecule has 0 bridgehead atoms. The van der Waals surface area contributed by atoms with Gasteiger partial charge < -0.3 is 10.1 Å². The van der Waals surface area contributed by atoms with Crippen LogP contribution in [-0.2, 0) is 14.3 Å². The van der Waals surface area contributed by atoms with Gasteiger partial charge in [-0.3, -0.25) is 4.79 Å². The number of benzene rings is 1. The van der Waals surface area contributed by atoms with Crippen LogP contribution in [0.1, 0.15) is 52.0 Å². The van der Waals surface area contributed by atoms with Crippen LogP contribution in [0.3, 0.4) is 0 Å². The summed E-state index contributed by atoms with van der Waals surface area (Å²) in [7, 11) is 0. The summed E-state index contributed by atoms with van der Waals surface area (Å²) < 4.78 is 5.29. The molecule has 0 saturated carbocycles. The lowest BCUT2D eigenvalue weighted by atomic mass is 9.68. The van der Waals surface area contributed by atoms with Crippen molar-refractivity contribution < 1.29 is 14.3 Å². The Morgan fingerprint density at radius 2 is 1.92 bits per heavy atom.